The molecule has 0 aromatic heterocycles. The molecule has 2 aromatic rings. The van der Waals surface area contributed by atoms with Crippen molar-refractivity contribution in [2.24, 2.45) is 5.92 Å². The number of amides is 2. The molecule has 0 saturated carbocycles. The first-order chi connectivity index (χ1) is 18.2. The van der Waals surface area contributed by atoms with Crippen LogP contribution in [0, 0.1) is 5.92 Å². The number of carbonyl (C=O) groups excluding carboxylic acids is 5. The summed E-state index contributed by atoms with van der Waals surface area (Å²) in [7, 11) is 0. The molecular formula is C28H34N2O8. The maximum absolute atomic E-state index is 12.2. The average Bonchev–Trinajstić information content (AvgIpc) is 2.90. The molecule has 38 heavy (non-hydrogen) atoms. The Morgan fingerprint density at radius 1 is 0.763 bits per heavy atom. The van der Waals surface area contributed by atoms with Crippen LogP contribution in [0.3, 0.4) is 0 Å². The minimum Gasteiger partial charge on any atom is -0.462 e. The van der Waals surface area contributed by atoms with Gasteiger partial charge in [0, 0.05) is 17.8 Å². The smallest absolute Gasteiger partial charge is 0.338 e. The molecule has 0 aliphatic carbocycles. The van der Waals surface area contributed by atoms with Gasteiger partial charge in [0.15, 0.2) is 6.61 Å². The molecule has 2 aromatic carbocycles. The lowest BCUT2D eigenvalue weighted by Crippen LogP contribution is -2.22. The first-order valence-electron chi connectivity index (χ1n) is 12.5. The van der Waals surface area contributed by atoms with Gasteiger partial charge in [-0.1, -0.05) is 33.3 Å². The number of esters is 3. The Labute approximate surface area is 222 Å². The van der Waals surface area contributed by atoms with Gasteiger partial charge in [-0.15, -0.1) is 0 Å². The van der Waals surface area contributed by atoms with Gasteiger partial charge < -0.3 is 24.8 Å². The first-order valence-corrected chi connectivity index (χ1v) is 12.5. The zero-order valence-electron chi connectivity index (χ0n) is 21.9. The Hall–Kier alpha value is -4.21. The molecule has 2 amide bonds. The summed E-state index contributed by atoms with van der Waals surface area (Å²) in [6.07, 6.45) is 1.27. The summed E-state index contributed by atoms with van der Waals surface area (Å²) in [4.78, 5) is 60.2. The first kappa shape index (κ1) is 30.0. The lowest BCUT2D eigenvalue weighted by Gasteiger charge is -2.09. The van der Waals surface area contributed by atoms with Crippen molar-refractivity contribution in [1.29, 1.82) is 0 Å². The van der Waals surface area contributed by atoms with E-state index in [9.17, 15) is 24.0 Å². The third kappa shape index (κ3) is 11.2. The fourth-order valence-electron chi connectivity index (χ4n) is 2.99. The van der Waals surface area contributed by atoms with Gasteiger partial charge in [-0.25, -0.2) is 9.59 Å². The van der Waals surface area contributed by atoms with Crippen molar-refractivity contribution in [3.05, 3.63) is 59.7 Å². The molecule has 0 spiro atoms. The fraction of sp³-hybridized carbons (Fsp3) is 0.393. The van der Waals surface area contributed by atoms with Gasteiger partial charge in [0.1, 0.15) is 0 Å². The molecule has 2 rings (SSSR count). The Bertz CT molecular complexity index is 1110. The van der Waals surface area contributed by atoms with Crippen molar-refractivity contribution >= 4 is 41.1 Å². The van der Waals surface area contributed by atoms with Gasteiger partial charge >= 0.3 is 17.9 Å². The van der Waals surface area contributed by atoms with E-state index in [4.69, 9.17) is 14.2 Å². The van der Waals surface area contributed by atoms with Crippen LogP contribution in [0.2, 0.25) is 0 Å². The van der Waals surface area contributed by atoms with Crippen LogP contribution >= 0.6 is 0 Å². The topological polar surface area (TPSA) is 137 Å². The quantitative estimate of drug-likeness (QED) is 0.210. The number of ether oxygens (including phenoxy) is 3. The predicted molar refractivity (Wildman–Crippen MR) is 141 cm³/mol. The molecule has 0 bridgehead atoms. The molecular weight excluding hydrogens is 492 g/mol. The molecule has 204 valence electrons. The van der Waals surface area contributed by atoms with E-state index in [-0.39, 0.29) is 18.8 Å². The molecule has 0 aliphatic rings. The molecule has 0 aliphatic heterocycles. The summed E-state index contributed by atoms with van der Waals surface area (Å²) in [5, 5.41) is 5.17. The van der Waals surface area contributed by atoms with Gasteiger partial charge in [0.25, 0.3) is 5.91 Å². The van der Waals surface area contributed by atoms with Crippen molar-refractivity contribution in [3.63, 3.8) is 0 Å². The molecule has 0 atom stereocenters. The van der Waals surface area contributed by atoms with E-state index in [2.05, 4.69) is 10.6 Å². The largest absolute Gasteiger partial charge is 0.462 e. The van der Waals surface area contributed by atoms with Crippen LogP contribution in [0.15, 0.2) is 48.5 Å². The molecule has 2 N–H and O–H groups in total. The minimum atomic E-state index is -0.716. The highest BCUT2D eigenvalue weighted by molar-refractivity contribution is 5.96. The van der Waals surface area contributed by atoms with Crippen molar-refractivity contribution in [1.82, 2.24) is 0 Å². The third-order valence-corrected chi connectivity index (χ3v) is 4.99. The van der Waals surface area contributed by atoms with Gasteiger partial charge in [-0.2, -0.15) is 0 Å². The molecule has 0 heterocycles. The maximum Gasteiger partial charge on any atom is 0.338 e. The van der Waals surface area contributed by atoms with Crippen LogP contribution in [-0.2, 0) is 28.6 Å². The molecule has 0 unspecified atom stereocenters. The van der Waals surface area contributed by atoms with E-state index in [1.165, 1.54) is 30.3 Å². The second-order valence-electron chi connectivity index (χ2n) is 8.90. The summed E-state index contributed by atoms with van der Waals surface area (Å²) >= 11 is 0. The van der Waals surface area contributed by atoms with E-state index in [1.807, 2.05) is 20.8 Å². The van der Waals surface area contributed by atoms with E-state index in [0.29, 0.717) is 35.7 Å². The van der Waals surface area contributed by atoms with Crippen LogP contribution in [0.5, 0.6) is 0 Å². The number of nitrogens with one attached hydrogen (secondary N) is 2. The lowest BCUT2D eigenvalue weighted by atomic mass is 10.2. The number of anilines is 2. The zero-order chi connectivity index (χ0) is 27.9. The van der Waals surface area contributed by atoms with Gasteiger partial charge in [-0.05, 0) is 54.8 Å². The van der Waals surface area contributed by atoms with E-state index >= 15 is 0 Å². The highest BCUT2D eigenvalue weighted by Crippen LogP contribution is 2.14. The molecule has 0 saturated heterocycles. The Morgan fingerprint density at radius 3 is 2.13 bits per heavy atom. The van der Waals surface area contributed by atoms with Crippen molar-refractivity contribution in [3.8, 4) is 0 Å². The summed E-state index contributed by atoms with van der Waals surface area (Å²) < 4.78 is 15.2. The molecule has 0 radical (unpaired) electrons. The van der Waals surface area contributed by atoms with Gasteiger partial charge in [0.2, 0.25) is 5.91 Å². The maximum atomic E-state index is 12.2. The molecule has 10 nitrogen and oxygen atoms in total. The summed E-state index contributed by atoms with van der Waals surface area (Å²) in [6, 6.07) is 12.4. The van der Waals surface area contributed by atoms with Crippen LogP contribution in [0.25, 0.3) is 0 Å². The Balaban J connectivity index is 1.71. The van der Waals surface area contributed by atoms with Crippen molar-refractivity contribution in [2.45, 2.75) is 46.5 Å². The number of hydrogen-bond acceptors (Lipinski definition) is 8. The minimum absolute atomic E-state index is 0.167. The predicted octanol–water partition coefficient (Wildman–Crippen LogP) is 4.36. The summed E-state index contributed by atoms with van der Waals surface area (Å²) in [5.41, 5.74) is 1.48. The highest BCUT2D eigenvalue weighted by Gasteiger charge is 2.13. The third-order valence-electron chi connectivity index (χ3n) is 4.99. The van der Waals surface area contributed by atoms with Crippen molar-refractivity contribution < 1.29 is 38.2 Å². The number of carbonyl (C=O) groups is 5. The standard InChI is InChI=1S/C28H34N2O8/c1-4-5-15-36-28(35)21-7-6-8-23(16-21)30-24(31)13-14-26(33)37-18-25(32)29-22-11-9-20(10-12-22)27(34)38-17-19(2)3/h6-12,16,19H,4-5,13-15,17-18H2,1-3H3,(H,29,32)(H,30,31). The van der Waals surface area contributed by atoms with E-state index in [1.54, 1.807) is 18.2 Å². The number of unbranched alkanes of at least 4 members (excludes halogenated alkanes) is 1. The number of hydrogen-bond donors (Lipinski definition) is 2. The normalized spacial score (nSPS) is 10.4. The average molecular weight is 527 g/mol. The van der Waals surface area contributed by atoms with E-state index < -0.39 is 36.3 Å². The second-order valence-corrected chi connectivity index (χ2v) is 8.90. The SMILES string of the molecule is CCCCOC(=O)c1cccc(NC(=O)CCC(=O)OCC(=O)Nc2ccc(C(=O)OCC(C)C)cc2)c1. The van der Waals surface area contributed by atoms with Crippen LogP contribution < -0.4 is 10.6 Å². The number of rotatable bonds is 14. The summed E-state index contributed by atoms with van der Waals surface area (Å²) in [6.45, 7) is 5.97. The van der Waals surface area contributed by atoms with E-state index in [0.717, 1.165) is 12.8 Å². The summed E-state index contributed by atoms with van der Waals surface area (Å²) in [5.74, 6) is -2.44. The van der Waals surface area contributed by atoms with Crippen LogP contribution in [-0.4, -0.2) is 49.5 Å². The Kier molecular flexibility index (Phi) is 12.5. The zero-order valence-corrected chi connectivity index (χ0v) is 21.9. The van der Waals surface area contributed by atoms with Crippen LogP contribution in [0.1, 0.15) is 67.2 Å². The van der Waals surface area contributed by atoms with Crippen molar-refractivity contribution in [2.75, 3.05) is 30.5 Å². The molecule has 10 heteroatoms. The van der Waals surface area contributed by atoms with Gasteiger partial charge in [0.05, 0.1) is 30.8 Å². The van der Waals surface area contributed by atoms with Gasteiger partial charge in [-0.3, -0.25) is 14.4 Å². The van der Waals surface area contributed by atoms with Crippen LogP contribution in [0.4, 0.5) is 11.4 Å². The fourth-order valence-corrected chi connectivity index (χ4v) is 2.99. The Morgan fingerprint density at radius 2 is 1.45 bits per heavy atom. The monoisotopic (exact) mass is 526 g/mol. The highest BCUT2D eigenvalue weighted by atomic mass is 16.5. The second kappa shape index (κ2) is 15.8. The molecule has 0 fully saturated rings. The number of benzene rings is 2. The lowest BCUT2D eigenvalue weighted by molar-refractivity contribution is -0.147.